The van der Waals surface area contributed by atoms with E-state index in [-0.39, 0.29) is 18.4 Å². The van der Waals surface area contributed by atoms with E-state index < -0.39 is 6.03 Å². The molecule has 1 heterocycles. The summed E-state index contributed by atoms with van der Waals surface area (Å²) in [6.45, 7) is 2.88. The van der Waals surface area contributed by atoms with Crippen LogP contribution in [0.5, 0.6) is 0 Å². The number of nitrogens with zero attached hydrogens (tertiary/aromatic N) is 1. The molecule has 22 heavy (non-hydrogen) atoms. The molecule has 0 spiro atoms. The summed E-state index contributed by atoms with van der Waals surface area (Å²) in [4.78, 5) is 36.7. The molecule has 7 nitrogen and oxygen atoms in total. The van der Waals surface area contributed by atoms with Crippen LogP contribution in [0.2, 0.25) is 0 Å². The number of carbonyl (C=O) groups excluding carboxylic acids is 3. The molecule has 1 aromatic carbocycles. The molecule has 0 unspecified atom stereocenters. The quantitative estimate of drug-likeness (QED) is 0.760. The summed E-state index contributed by atoms with van der Waals surface area (Å²) in [5.74, 6) is -0.197. The van der Waals surface area contributed by atoms with Crippen molar-refractivity contribution >= 4 is 29.2 Å². The third-order valence-corrected chi connectivity index (χ3v) is 3.30. The topological polar surface area (TPSA) is 90.5 Å². The van der Waals surface area contributed by atoms with E-state index in [2.05, 4.69) is 16.0 Å². The fourth-order valence-electron chi connectivity index (χ4n) is 2.30. The molecular weight excluding hydrogens is 284 g/mol. The Kier molecular flexibility index (Phi) is 5.35. The highest BCUT2D eigenvalue weighted by molar-refractivity contribution is 6.02. The molecule has 0 atom stereocenters. The zero-order valence-corrected chi connectivity index (χ0v) is 12.5. The maximum atomic E-state index is 11.9. The molecule has 0 aromatic heterocycles. The Hall–Kier alpha value is -2.57. The second kappa shape index (κ2) is 7.44. The molecule has 1 fully saturated rings. The normalized spacial score (nSPS) is 13.9. The first-order valence-corrected chi connectivity index (χ1v) is 7.32. The van der Waals surface area contributed by atoms with Crippen molar-refractivity contribution in [3.63, 3.8) is 0 Å². The predicted molar refractivity (Wildman–Crippen MR) is 83.7 cm³/mol. The zero-order chi connectivity index (χ0) is 15.9. The average Bonchev–Trinajstić information content (AvgIpc) is 2.92. The van der Waals surface area contributed by atoms with Crippen molar-refractivity contribution < 1.29 is 14.4 Å². The molecule has 0 saturated carbocycles. The summed E-state index contributed by atoms with van der Waals surface area (Å²) in [7, 11) is 0. The van der Waals surface area contributed by atoms with Crippen LogP contribution in [0, 0.1) is 0 Å². The van der Waals surface area contributed by atoms with Gasteiger partial charge in [-0.1, -0.05) is 12.1 Å². The van der Waals surface area contributed by atoms with Crippen molar-refractivity contribution in [2.24, 2.45) is 0 Å². The number of urea groups is 1. The van der Waals surface area contributed by atoms with Gasteiger partial charge >= 0.3 is 6.03 Å². The first kappa shape index (κ1) is 15.8. The van der Waals surface area contributed by atoms with Gasteiger partial charge in [0.2, 0.25) is 11.8 Å². The molecule has 0 bridgehead atoms. The number of anilines is 2. The lowest BCUT2D eigenvalue weighted by Gasteiger charge is -2.20. The number of hydrogen-bond acceptors (Lipinski definition) is 3. The van der Waals surface area contributed by atoms with Gasteiger partial charge in [-0.25, -0.2) is 4.79 Å². The molecule has 0 aliphatic carbocycles. The van der Waals surface area contributed by atoms with Crippen LogP contribution in [0.15, 0.2) is 24.3 Å². The van der Waals surface area contributed by atoms with Gasteiger partial charge in [-0.2, -0.15) is 0 Å². The molecule has 1 aliphatic rings. The average molecular weight is 304 g/mol. The predicted octanol–water partition coefficient (Wildman–Crippen LogP) is 1.07. The van der Waals surface area contributed by atoms with Gasteiger partial charge in [-0.15, -0.1) is 0 Å². The number of hydrogen-bond donors (Lipinski definition) is 3. The maximum Gasteiger partial charge on any atom is 0.319 e. The summed E-state index contributed by atoms with van der Waals surface area (Å²) < 4.78 is 0. The van der Waals surface area contributed by atoms with Crippen molar-refractivity contribution in [3.8, 4) is 0 Å². The van der Waals surface area contributed by atoms with E-state index in [1.54, 1.807) is 30.0 Å². The smallest absolute Gasteiger partial charge is 0.319 e. The van der Waals surface area contributed by atoms with Crippen LogP contribution >= 0.6 is 0 Å². The fourth-order valence-corrected chi connectivity index (χ4v) is 2.30. The summed E-state index contributed by atoms with van der Waals surface area (Å²) in [5.41, 5.74) is 1.23. The Morgan fingerprint density at radius 3 is 2.68 bits per heavy atom. The summed E-state index contributed by atoms with van der Waals surface area (Å²) in [6, 6.07) is 6.64. The van der Waals surface area contributed by atoms with E-state index in [9.17, 15) is 14.4 Å². The lowest BCUT2D eigenvalue weighted by Crippen LogP contribution is -2.39. The third-order valence-electron chi connectivity index (χ3n) is 3.30. The number of rotatable bonds is 5. The van der Waals surface area contributed by atoms with Gasteiger partial charge in [0.1, 0.15) is 0 Å². The Morgan fingerprint density at radius 1 is 1.23 bits per heavy atom. The van der Waals surface area contributed by atoms with Crippen molar-refractivity contribution in [1.82, 2.24) is 10.6 Å². The highest BCUT2D eigenvalue weighted by Crippen LogP contribution is 2.29. The van der Waals surface area contributed by atoms with Crippen LogP contribution in [0.3, 0.4) is 0 Å². The van der Waals surface area contributed by atoms with Crippen molar-refractivity contribution in [2.45, 2.75) is 19.8 Å². The number of carbonyl (C=O) groups is 3. The molecule has 7 heteroatoms. The lowest BCUT2D eigenvalue weighted by molar-refractivity contribution is -0.120. The van der Waals surface area contributed by atoms with Gasteiger partial charge in [0.05, 0.1) is 17.9 Å². The zero-order valence-electron chi connectivity index (χ0n) is 12.5. The lowest BCUT2D eigenvalue weighted by atomic mass is 10.2. The molecule has 2 rings (SSSR count). The Labute approximate surface area is 129 Å². The summed E-state index contributed by atoms with van der Waals surface area (Å²) in [5, 5.41) is 7.75. The minimum atomic E-state index is -0.481. The number of nitrogens with one attached hydrogen (secondary N) is 3. The minimum Gasteiger partial charge on any atom is -0.355 e. The number of para-hydroxylation sites is 2. The highest BCUT2D eigenvalue weighted by Gasteiger charge is 2.24. The van der Waals surface area contributed by atoms with Crippen molar-refractivity contribution in [2.75, 3.05) is 29.9 Å². The van der Waals surface area contributed by atoms with E-state index >= 15 is 0 Å². The van der Waals surface area contributed by atoms with E-state index in [1.807, 2.05) is 6.07 Å². The van der Waals surface area contributed by atoms with Crippen LogP contribution in [-0.4, -0.2) is 37.5 Å². The molecule has 118 valence electrons. The maximum absolute atomic E-state index is 11.9. The van der Waals surface area contributed by atoms with E-state index in [0.29, 0.717) is 30.9 Å². The monoisotopic (exact) mass is 304 g/mol. The van der Waals surface area contributed by atoms with E-state index in [0.717, 1.165) is 6.42 Å². The first-order chi connectivity index (χ1) is 10.6. The standard InChI is InChI=1S/C15H20N4O3/c1-2-16-13(20)10-17-15(22)18-11-6-3-4-7-12(11)19-9-5-8-14(19)21/h3-4,6-7H,2,5,8-10H2,1H3,(H,16,20)(H2,17,18,22). The number of amides is 4. The van der Waals surface area contributed by atoms with Crippen LogP contribution in [-0.2, 0) is 9.59 Å². The van der Waals surface area contributed by atoms with Crippen molar-refractivity contribution in [1.29, 1.82) is 0 Å². The number of benzene rings is 1. The van der Waals surface area contributed by atoms with Gasteiger partial charge in [0.15, 0.2) is 0 Å². The van der Waals surface area contributed by atoms with Crippen LogP contribution in [0.1, 0.15) is 19.8 Å². The molecule has 1 aliphatic heterocycles. The van der Waals surface area contributed by atoms with Gasteiger partial charge < -0.3 is 20.9 Å². The SMILES string of the molecule is CCNC(=O)CNC(=O)Nc1ccccc1N1CCCC1=O. The second-order valence-electron chi connectivity index (χ2n) is 4.93. The molecule has 1 saturated heterocycles. The van der Waals surface area contributed by atoms with Gasteiger partial charge in [0.25, 0.3) is 0 Å². The van der Waals surface area contributed by atoms with E-state index in [1.165, 1.54) is 0 Å². The second-order valence-corrected chi connectivity index (χ2v) is 4.93. The van der Waals surface area contributed by atoms with Crippen molar-refractivity contribution in [3.05, 3.63) is 24.3 Å². The number of likely N-dealkylation sites (N-methyl/N-ethyl adjacent to an activating group) is 1. The van der Waals surface area contributed by atoms with Gasteiger partial charge in [0, 0.05) is 19.5 Å². The fraction of sp³-hybridized carbons (Fsp3) is 0.400. The largest absolute Gasteiger partial charge is 0.355 e. The van der Waals surface area contributed by atoms with E-state index in [4.69, 9.17) is 0 Å². The molecule has 1 aromatic rings. The molecule has 0 radical (unpaired) electrons. The Morgan fingerprint density at radius 2 is 2.00 bits per heavy atom. The van der Waals surface area contributed by atoms with Gasteiger partial charge in [-0.3, -0.25) is 9.59 Å². The minimum absolute atomic E-state index is 0.0528. The summed E-state index contributed by atoms with van der Waals surface area (Å²) >= 11 is 0. The Bertz CT molecular complexity index is 574. The first-order valence-electron chi connectivity index (χ1n) is 7.32. The Balaban J connectivity index is 1.99. The van der Waals surface area contributed by atoms with Gasteiger partial charge in [-0.05, 0) is 25.5 Å². The molecule has 3 N–H and O–H groups in total. The summed E-state index contributed by atoms with van der Waals surface area (Å²) in [6.07, 6.45) is 1.34. The van der Waals surface area contributed by atoms with Crippen LogP contribution in [0.4, 0.5) is 16.2 Å². The van der Waals surface area contributed by atoms with Crippen LogP contribution < -0.4 is 20.9 Å². The molecule has 4 amide bonds. The molecular formula is C15H20N4O3. The van der Waals surface area contributed by atoms with Crippen LogP contribution in [0.25, 0.3) is 0 Å². The highest BCUT2D eigenvalue weighted by atomic mass is 16.2. The third kappa shape index (κ3) is 3.97.